The number of halogens is 1. The Balaban J connectivity index is 2.11. The van der Waals surface area contributed by atoms with Gasteiger partial charge in [-0.25, -0.2) is 4.39 Å². The monoisotopic (exact) mass is 270 g/mol. The molecule has 0 spiro atoms. The van der Waals surface area contributed by atoms with Crippen molar-refractivity contribution in [1.29, 1.82) is 0 Å². The van der Waals surface area contributed by atoms with E-state index in [-0.39, 0.29) is 5.82 Å². The van der Waals surface area contributed by atoms with E-state index in [1.807, 2.05) is 6.07 Å². The summed E-state index contributed by atoms with van der Waals surface area (Å²) in [6.45, 7) is 4.80. The molecule has 0 atom stereocenters. The molecule has 2 aromatic rings. The quantitative estimate of drug-likeness (QED) is 0.790. The molecule has 20 heavy (non-hydrogen) atoms. The van der Waals surface area contributed by atoms with Crippen molar-refractivity contribution in [3.8, 4) is 0 Å². The Kier molecular flexibility index (Phi) is 3.13. The van der Waals surface area contributed by atoms with E-state index in [2.05, 4.69) is 30.0 Å². The van der Waals surface area contributed by atoms with Crippen LogP contribution in [0.5, 0.6) is 0 Å². The SMILES string of the molecule is Cc1ccc2c(c1)CCCN2c1cc(C)c(F)cc1N. The lowest BCUT2D eigenvalue weighted by atomic mass is 9.98. The molecule has 1 aliphatic heterocycles. The predicted molar refractivity (Wildman–Crippen MR) is 82.1 cm³/mol. The predicted octanol–water partition coefficient (Wildman–Crippen LogP) is 4.11. The van der Waals surface area contributed by atoms with Gasteiger partial charge in [-0.2, -0.15) is 0 Å². The van der Waals surface area contributed by atoms with Crippen LogP contribution in [0, 0.1) is 19.7 Å². The second-order valence-electron chi connectivity index (χ2n) is 5.55. The molecule has 0 bridgehead atoms. The van der Waals surface area contributed by atoms with Gasteiger partial charge in [-0.05, 0) is 56.0 Å². The van der Waals surface area contributed by atoms with E-state index >= 15 is 0 Å². The Morgan fingerprint density at radius 3 is 2.70 bits per heavy atom. The van der Waals surface area contributed by atoms with E-state index in [1.54, 1.807) is 6.92 Å². The standard InChI is InChI=1S/C17H19FN2/c1-11-5-6-16-13(8-11)4-3-7-20(16)17-9-12(2)14(18)10-15(17)19/h5-6,8-10H,3-4,7,19H2,1-2H3. The Morgan fingerprint density at radius 1 is 1.10 bits per heavy atom. The zero-order valence-electron chi connectivity index (χ0n) is 11.9. The average molecular weight is 270 g/mol. The molecule has 3 heteroatoms. The van der Waals surface area contributed by atoms with E-state index in [1.165, 1.54) is 22.9 Å². The van der Waals surface area contributed by atoms with E-state index in [0.717, 1.165) is 25.1 Å². The van der Waals surface area contributed by atoms with Crippen LogP contribution >= 0.6 is 0 Å². The minimum atomic E-state index is -0.243. The Morgan fingerprint density at radius 2 is 1.90 bits per heavy atom. The molecular weight excluding hydrogens is 251 g/mol. The van der Waals surface area contributed by atoms with Crippen molar-refractivity contribution < 1.29 is 4.39 Å². The summed E-state index contributed by atoms with van der Waals surface area (Å²) < 4.78 is 13.6. The number of nitrogen functional groups attached to an aromatic ring is 1. The van der Waals surface area contributed by atoms with Gasteiger partial charge in [0.05, 0.1) is 11.4 Å². The van der Waals surface area contributed by atoms with Gasteiger partial charge in [0.25, 0.3) is 0 Å². The molecule has 1 aliphatic rings. The maximum absolute atomic E-state index is 13.6. The first kappa shape index (κ1) is 13.0. The molecule has 104 valence electrons. The maximum atomic E-state index is 13.6. The number of nitrogens with two attached hydrogens (primary N) is 1. The summed E-state index contributed by atoms with van der Waals surface area (Å²) in [4.78, 5) is 2.21. The minimum Gasteiger partial charge on any atom is -0.397 e. The first-order valence-corrected chi connectivity index (χ1v) is 6.99. The number of fused-ring (bicyclic) bond motifs is 1. The lowest BCUT2D eigenvalue weighted by molar-refractivity contribution is 0.619. The Labute approximate surface area is 119 Å². The van der Waals surface area contributed by atoms with Gasteiger partial charge in [-0.3, -0.25) is 0 Å². The fraction of sp³-hybridized carbons (Fsp3) is 0.294. The molecule has 0 saturated carbocycles. The van der Waals surface area contributed by atoms with Gasteiger partial charge in [0, 0.05) is 12.2 Å². The highest BCUT2D eigenvalue weighted by Gasteiger charge is 2.20. The number of hydrogen-bond acceptors (Lipinski definition) is 2. The maximum Gasteiger partial charge on any atom is 0.128 e. The molecule has 0 aliphatic carbocycles. The van der Waals surface area contributed by atoms with Crippen LogP contribution in [0.25, 0.3) is 0 Å². The van der Waals surface area contributed by atoms with E-state index in [4.69, 9.17) is 5.73 Å². The lowest BCUT2D eigenvalue weighted by Crippen LogP contribution is -2.25. The van der Waals surface area contributed by atoms with Gasteiger partial charge in [0.1, 0.15) is 5.82 Å². The van der Waals surface area contributed by atoms with Crippen molar-refractivity contribution >= 4 is 17.1 Å². The van der Waals surface area contributed by atoms with Crippen molar-refractivity contribution in [3.05, 3.63) is 52.8 Å². The van der Waals surface area contributed by atoms with Crippen LogP contribution in [0.3, 0.4) is 0 Å². The van der Waals surface area contributed by atoms with Crippen LogP contribution in [0.15, 0.2) is 30.3 Å². The zero-order valence-corrected chi connectivity index (χ0v) is 11.9. The molecule has 0 radical (unpaired) electrons. The van der Waals surface area contributed by atoms with Crippen molar-refractivity contribution in [2.45, 2.75) is 26.7 Å². The number of anilines is 3. The smallest absolute Gasteiger partial charge is 0.128 e. The number of rotatable bonds is 1. The second-order valence-corrected chi connectivity index (χ2v) is 5.55. The number of nitrogens with zero attached hydrogens (tertiary/aromatic N) is 1. The van der Waals surface area contributed by atoms with Gasteiger partial charge in [-0.1, -0.05) is 17.7 Å². The summed E-state index contributed by atoms with van der Waals surface area (Å²) in [6, 6.07) is 9.76. The van der Waals surface area contributed by atoms with Crippen LogP contribution in [-0.4, -0.2) is 6.54 Å². The summed E-state index contributed by atoms with van der Waals surface area (Å²) in [6.07, 6.45) is 2.18. The summed E-state index contributed by atoms with van der Waals surface area (Å²) in [7, 11) is 0. The van der Waals surface area contributed by atoms with Crippen molar-refractivity contribution in [3.63, 3.8) is 0 Å². The zero-order chi connectivity index (χ0) is 14.3. The van der Waals surface area contributed by atoms with Crippen LogP contribution in [-0.2, 0) is 6.42 Å². The largest absolute Gasteiger partial charge is 0.397 e. The van der Waals surface area contributed by atoms with Gasteiger partial charge in [0.15, 0.2) is 0 Å². The highest BCUT2D eigenvalue weighted by molar-refractivity contribution is 5.77. The molecule has 0 unspecified atom stereocenters. The van der Waals surface area contributed by atoms with E-state index < -0.39 is 0 Å². The Bertz CT molecular complexity index is 664. The molecule has 0 amide bonds. The number of benzene rings is 2. The van der Waals surface area contributed by atoms with Crippen LogP contribution in [0.1, 0.15) is 23.1 Å². The fourth-order valence-electron chi connectivity index (χ4n) is 2.89. The van der Waals surface area contributed by atoms with Crippen LogP contribution in [0.2, 0.25) is 0 Å². The third-order valence-corrected chi connectivity index (χ3v) is 3.95. The lowest BCUT2D eigenvalue weighted by Gasteiger charge is -2.32. The average Bonchev–Trinajstić information content (AvgIpc) is 2.42. The minimum absolute atomic E-state index is 0.243. The first-order valence-electron chi connectivity index (χ1n) is 6.99. The van der Waals surface area contributed by atoms with Crippen LogP contribution in [0.4, 0.5) is 21.5 Å². The molecule has 2 aromatic carbocycles. The second kappa shape index (κ2) is 4.82. The summed E-state index contributed by atoms with van der Waals surface area (Å²) in [5.74, 6) is -0.243. The van der Waals surface area contributed by atoms with Crippen molar-refractivity contribution in [2.24, 2.45) is 0 Å². The highest BCUT2D eigenvalue weighted by Crippen LogP contribution is 2.37. The molecule has 0 saturated heterocycles. The number of aryl methyl sites for hydroxylation is 3. The van der Waals surface area contributed by atoms with Crippen molar-refractivity contribution in [1.82, 2.24) is 0 Å². The van der Waals surface area contributed by atoms with Gasteiger partial charge >= 0.3 is 0 Å². The molecule has 2 N–H and O–H groups in total. The molecule has 0 fully saturated rings. The number of hydrogen-bond donors (Lipinski definition) is 1. The van der Waals surface area contributed by atoms with Crippen LogP contribution < -0.4 is 10.6 Å². The molecular formula is C17H19FN2. The molecule has 0 aromatic heterocycles. The fourth-order valence-corrected chi connectivity index (χ4v) is 2.89. The van der Waals surface area contributed by atoms with E-state index in [9.17, 15) is 4.39 Å². The Hall–Kier alpha value is -2.03. The summed E-state index contributed by atoms with van der Waals surface area (Å²) in [5.41, 5.74) is 11.9. The third kappa shape index (κ3) is 2.13. The molecule has 3 rings (SSSR count). The van der Waals surface area contributed by atoms with Gasteiger partial charge in [0.2, 0.25) is 0 Å². The highest BCUT2D eigenvalue weighted by atomic mass is 19.1. The normalized spacial score (nSPS) is 14.2. The molecule has 2 nitrogen and oxygen atoms in total. The summed E-state index contributed by atoms with van der Waals surface area (Å²) >= 11 is 0. The van der Waals surface area contributed by atoms with E-state index in [0.29, 0.717) is 11.3 Å². The first-order chi connectivity index (χ1) is 9.56. The van der Waals surface area contributed by atoms with Gasteiger partial charge < -0.3 is 10.6 Å². The molecule has 1 heterocycles. The van der Waals surface area contributed by atoms with Crippen molar-refractivity contribution in [2.75, 3.05) is 17.2 Å². The topological polar surface area (TPSA) is 29.3 Å². The third-order valence-electron chi connectivity index (χ3n) is 3.95. The summed E-state index contributed by atoms with van der Waals surface area (Å²) in [5, 5.41) is 0. The van der Waals surface area contributed by atoms with Gasteiger partial charge in [-0.15, -0.1) is 0 Å².